The van der Waals surface area contributed by atoms with Crippen LogP contribution in [0.5, 0.6) is 0 Å². The second-order valence-corrected chi connectivity index (χ2v) is 5.89. The van der Waals surface area contributed by atoms with E-state index in [9.17, 15) is 9.59 Å². The van der Waals surface area contributed by atoms with Gasteiger partial charge in [-0.2, -0.15) is 0 Å². The van der Waals surface area contributed by atoms with E-state index in [1.165, 1.54) is 6.42 Å². The van der Waals surface area contributed by atoms with Crippen molar-refractivity contribution in [3.8, 4) is 0 Å². The maximum absolute atomic E-state index is 11.7. The molecule has 5 heteroatoms. The van der Waals surface area contributed by atoms with E-state index < -0.39 is 11.8 Å². The molecule has 110 valence electrons. The fourth-order valence-electron chi connectivity index (χ4n) is 2.53. The highest BCUT2D eigenvalue weighted by molar-refractivity contribution is 6.35. The van der Waals surface area contributed by atoms with Gasteiger partial charge in [-0.1, -0.05) is 26.2 Å². The molecule has 0 heterocycles. The Hall–Kier alpha value is -1.10. The molecule has 0 aromatic rings. The molecule has 0 unspecified atom stereocenters. The second kappa shape index (κ2) is 8.15. The Kier molecular flexibility index (Phi) is 6.84. The van der Waals surface area contributed by atoms with Crippen LogP contribution in [0.2, 0.25) is 0 Å². The second-order valence-electron chi connectivity index (χ2n) is 5.89. The molecule has 0 radical (unpaired) electrons. The Morgan fingerprint density at radius 3 is 2.37 bits per heavy atom. The van der Waals surface area contributed by atoms with Gasteiger partial charge in [-0.25, -0.2) is 0 Å². The molecule has 1 atom stereocenters. The fourth-order valence-corrected chi connectivity index (χ4v) is 2.53. The Morgan fingerprint density at radius 1 is 1.16 bits per heavy atom. The molecule has 2 amide bonds. The molecule has 0 aromatic carbocycles. The highest BCUT2D eigenvalue weighted by Gasteiger charge is 2.20. The molecule has 0 saturated heterocycles. The third-order valence-corrected chi connectivity index (χ3v) is 3.43. The van der Waals surface area contributed by atoms with E-state index in [1.54, 1.807) is 0 Å². The van der Waals surface area contributed by atoms with Crippen LogP contribution in [0, 0.1) is 5.92 Å². The van der Waals surface area contributed by atoms with Gasteiger partial charge >= 0.3 is 11.8 Å². The van der Waals surface area contributed by atoms with Crippen molar-refractivity contribution in [2.24, 2.45) is 5.92 Å². The van der Waals surface area contributed by atoms with Gasteiger partial charge in [0.25, 0.3) is 0 Å². The lowest BCUT2D eigenvalue weighted by Gasteiger charge is -2.22. The van der Waals surface area contributed by atoms with Crippen molar-refractivity contribution in [1.29, 1.82) is 0 Å². The monoisotopic (exact) mass is 269 g/mol. The van der Waals surface area contributed by atoms with Crippen molar-refractivity contribution >= 4 is 11.8 Å². The molecular weight excluding hydrogens is 242 g/mol. The predicted molar refractivity (Wildman–Crippen MR) is 75.7 cm³/mol. The number of carbonyl (C=O) groups is 2. The lowest BCUT2D eigenvalue weighted by atomic mass is 9.95. The summed E-state index contributed by atoms with van der Waals surface area (Å²) in [6.45, 7) is 3.49. The molecule has 2 N–H and O–H groups in total. The van der Waals surface area contributed by atoms with Crippen molar-refractivity contribution in [2.45, 2.75) is 45.1 Å². The van der Waals surface area contributed by atoms with Gasteiger partial charge < -0.3 is 15.5 Å². The first-order valence-corrected chi connectivity index (χ1v) is 7.22. The van der Waals surface area contributed by atoms with Gasteiger partial charge in [-0.15, -0.1) is 0 Å². The van der Waals surface area contributed by atoms with Crippen LogP contribution in [0.1, 0.15) is 39.0 Å². The summed E-state index contributed by atoms with van der Waals surface area (Å²) in [7, 11) is 3.99. The minimum Gasteiger partial charge on any atom is -0.348 e. The minimum absolute atomic E-state index is 0.186. The molecule has 0 bridgehead atoms. The van der Waals surface area contributed by atoms with E-state index in [2.05, 4.69) is 22.5 Å². The smallest absolute Gasteiger partial charge is 0.309 e. The van der Waals surface area contributed by atoms with Gasteiger partial charge in [0.1, 0.15) is 0 Å². The number of amides is 2. The summed E-state index contributed by atoms with van der Waals surface area (Å²) in [5, 5.41) is 5.52. The molecule has 19 heavy (non-hydrogen) atoms. The standard InChI is InChI=1S/C14H27N3O2/c1-11(10-17(2)3)9-15-13(18)14(19)16-12-7-5-4-6-8-12/h11-12H,4-10H2,1-3H3,(H,15,18)(H,16,19)/t11-/m1/s1. The number of hydrogen-bond donors (Lipinski definition) is 2. The van der Waals surface area contributed by atoms with E-state index in [1.807, 2.05) is 14.1 Å². The molecular formula is C14H27N3O2. The Morgan fingerprint density at radius 2 is 1.79 bits per heavy atom. The highest BCUT2D eigenvalue weighted by Crippen LogP contribution is 2.17. The van der Waals surface area contributed by atoms with Gasteiger partial charge in [0, 0.05) is 19.1 Å². The largest absolute Gasteiger partial charge is 0.348 e. The molecule has 0 spiro atoms. The van der Waals surface area contributed by atoms with Gasteiger partial charge in [0.2, 0.25) is 0 Å². The molecule has 0 aliphatic heterocycles. The molecule has 1 rings (SSSR count). The first-order chi connectivity index (χ1) is 8.99. The van der Waals surface area contributed by atoms with Crippen LogP contribution < -0.4 is 10.6 Å². The fraction of sp³-hybridized carbons (Fsp3) is 0.857. The maximum Gasteiger partial charge on any atom is 0.309 e. The molecule has 1 saturated carbocycles. The first kappa shape index (κ1) is 16.0. The molecule has 1 aliphatic rings. The minimum atomic E-state index is -0.504. The third-order valence-electron chi connectivity index (χ3n) is 3.43. The Labute approximate surface area is 116 Å². The Balaban J connectivity index is 2.22. The summed E-state index contributed by atoms with van der Waals surface area (Å²) in [6, 6.07) is 0.186. The molecule has 5 nitrogen and oxygen atoms in total. The van der Waals surface area contributed by atoms with Crippen LogP contribution in [-0.4, -0.2) is 49.9 Å². The first-order valence-electron chi connectivity index (χ1n) is 7.22. The van der Waals surface area contributed by atoms with Crippen LogP contribution in [0.15, 0.2) is 0 Å². The zero-order valence-corrected chi connectivity index (χ0v) is 12.4. The van der Waals surface area contributed by atoms with Gasteiger partial charge in [-0.3, -0.25) is 9.59 Å². The number of rotatable bonds is 5. The van der Waals surface area contributed by atoms with E-state index in [4.69, 9.17) is 0 Å². The zero-order valence-electron chi connectivity index (χ0n) is 12.4. The van der Waals surface area contributed by atoms with Crippen molar-refractivity contribution in [3.63, 3.8) is 0 Å². The molecule has 1 aliphatic carbocycles. The summed E-state index contributed by atoms with van der Waals surface area (Å²) in [6.07, 6.45) is 5.52. The molecule has 0 aromatic heterocycles. The average Bonchev–Trinajstić information content (AvgIpc) is 2.36. The van der Waals surface area contributed by atoms with Gasteiger partial charge in [0.05, 0.1) is 0 Å². The van der Waals surface area contributed by atoms with Crippen LogP contribution >= 0.6 is 0 Å². The number of nitrogens with zero attached hydrogens (tertiary/aromatic N) is 1. The predicted octanol–water partition coefficient (Wildman–Crippen LogP) is 0.749. The summed E-state index contributed by atoms with van der Waals surface area (Å²) in [5.74, 6) is -0.651. The lowest BCUT2D eigenvalue weighted by Crippen LogP contribution is -2.46. The summed E-state index contributed by atoms with van der Waals surface area (Å²) in [4.78, 5) is 25.5. The van der Waals surface area contributed by atoms with Crippen molar-refractivity contribution in [2.75, 3.05) is 27.2 Å². The van der Waals surface area contributed by atoms with Gasteiger partial charge in [-0.05, 0) is 32.9 Å². The lowest BCUT2D eigenvalue weighted by molar-refractivity contribution is -0.139. The SMILES string of the molecule is C[C@H](CNC(=O)C(=O)NC1CCCCC1)CN(C)C. The van der Waals surface area contributed by atoms with E-state index in [0.29, 0.717) is 12.5 Å². The van der Waals surface area contributed by atoms with E-state index in [0.717, 1.165) is 32.2 Å². The summed E-state index contributed by atoms with van der Waals surface area (Å²) >= 11 is 0. The van der Waals surface area contributed by atoms with Crippen LogP contribution in [0.3, 0.4) is 0 Å². The topological polar surface area (TPSA) is 61.4 Å². The average molecular weight is 269 g/mol. The van der Waals surface area contributed by atoms with E-state index in [-0.39, 0.29) is 6.04 Å². The number of carbonyl (C=O) groups excluding carboxylic acids is 2. The van der Waals surface area contributed by atoms with Crippen molar-refractivity contribution in [1.82, 2.24) is 15.5 Å². The van der Waals surface area contributed by atoms with Crippen molar-refractivity contribution < 1.29 is 9.59 Å². The van der Waals surface area contributed by atoms with Gasteiger partial charge in [0.15, 0.2) is 0 Å². The highest BCUT2D eigenvalue weighted by atomic mass is 16.2. The quantitative estimate of drug-likeness (QED) is 0.724. The van der Waals surface area contributed by atoms with Crippen molar-refractivity contribution in [3.05, 3.63) is 0 Å². The number of nitrogens with one attached hydrogen (secondary N) is 2. The van der Waals surface area contributed by atoms with E-state index >= 15 is 0 Å². The number of hydrogen-bond acceptors (Lipinski definition) is 3. The zero-order chi connectivity index (χ0) is 14.3. The summed E-state index contributed by atoms with van der Waals surface area (Å²) in [5.41, 5.74) is 0. The Bertz CT molecular complexity index is 299. The molecule has 1 fully saturated rings. The summed E-state index contributed by atoms with van der Waals surface area (Å²) < 4.78 is 0. The van der Waals surface area contributed by atoms with Crippen LogP contribution in [0.25, 0.3) is 0 Å². The van der Waals surface area contributed by atoms with Crippen LogP contribution in [0.4, 0.5) is 0 Å². The normalized spacial score (nSPS) is 18.1. The maximum atomic E-state index is 11.7. The third kappa shape index (κ3) is 6.57. The van der Waals surface area contributed by atoms with Crippen LogP contribution in [-0.2, 0) is 9.59 Å².